The summed E-state index contributed by atoms with van der Waals surface area (Å²) in [6.45, 7) is 9.43. The summed E-state index contributed by atoms with van der Waals surface area (Å²) in [6, 6.07) is 8.03. The van der Waals surface area contributed by atoms with Crippen LogP contribution in [-0.4, -0.2) is 19.4 Å². The van der Waals surface area contributed by atoms with E-state index in [-0.39, 0.29) is 0 Å². The van der Waals surface area contributed by atoms with Crippen LogP contribution in [-0.2, 0) is 11.0 Å². The van der Waals surface area contributed by atoms with Gasteiger partial charge in [-0.15, -0.1) is 0 Å². The largest absolute Gasteiger partial charge is 0.478 e. The van der Waals surface area contributed by atoms with Gasteiger partial charge in [-0.25, -0.2) is 4.79 Å². The number of carbonyl (C=O) groups is 1. The lowest BCUT2D eigenvalue weighted by atomic mass is 10.1. The Hall–Kier alpha value is -1.13. The Morgan fingerprint density at radius 3 is 2.28 bits per heavy atom. The fraction of sp³-hybridized carbons (Fsp3) is 0.500. The molecule has 0 saturated carbocycles. The zero-order valence-corrected chi connectivity index (χ0v) is 12.6. The fourth-order valence-corrected chi connectivity index (χ4v) is 4.71. The smallest absolute Gasteiger partial charge is 0.335 e. The molecule has 3 nitrogen and oxygen atoms in total. The standard InChI is InChI=1S/C14H22O3Si/c1-11(2)10-18(3,4)17-9-12-5-7-13(8-6-12)14(15)16/h5-8,11H,9-10H2,1-4H3,(H,15,16). The molecular formula is C14H22O3Si. The summed E-state index contributed by atoms with van der Waals surface area (Å²) >= 11 is 0. The lowest BCUT2D eigenvalue weighted by molar-refractivity contribution is 0.0697. The van der Waals surface area contributed by atoms with Crippen molar-refractivity contribution < 1.29 is 14.3 Å². The second kappa shape index (κ2) is 6.16. The molecule has 0 saturated heterocycles. The van der Waals surface area contributed by atoms with E-state index in [0.29, 0.717) is 18.1 Å². The van der Waals surface area contributed by atoms with E-state index in [4.69, 9.17) is 9.53 Å². The minimum Gasteiger partial charge on any atom is -0.478 e. The normalized spacial score (nSPS) is 11.8. The number of benzene rings is 1. The third-order valence-electron chi connectivity index (χ3n) is 2.73. The molecule has 0 aliphatic heterocycles. The van der Waals surface area contributed by atoms with Crippen molar-refractivity contribution in [3.8, 4) is 0 Å². The minimum atomic E-state index is -1.60. The van der Waals surface area contributed by atoms with Gasteiger partial charge in [-0.2, -0.15) is 0 Å². The van der Waals surface area contributed by atoms with Crippen molar-refractivity contribution in [2.45, 2.75) is 39.6 Å². The van der Waals surface area contributed by atoms with Gasteiger partial charge in [0.25, 0.3) is 0 Å². The van der Waals surface area contributed by atoms with Crippen molar-refractivity contribution in [3.63, 3.8) is 0 Å². The Kier molecular flexibility index (Phi) is 5.11. The lowest BCUT2D eigenvalue weighted by Crippen LogP contribution is -2.31. The van der Waals surface area contributed by atoms with Crippen LogP contribution >= 0.6 is 0 Å². The van der Waals surface area contributed by atoms with Crippen LogP contribution in [0.25, 0.3) is 0 Å². The first-order chi connectivity index (χ1) is 8.30. The Morgan fingerprint density at radius 1 is 1.28 bits per heavy atom. The van der Waals surface area contributed by atoms with E-state index in [1.807, 2.05) is 12.1 Å². The molecule has 0 unspecified atom stereocenters. The Labute approximate surface area is 110 Å². The van der Waals surface area contributed by atoms with Gasteiger partial charge in [0.05, 0.1) is 12.2 Å². The van der Waals surface area contributed by atoms with Gasteiger partial charge >= 0.3 is 5.97 Å². The fourth-order valence-electron chi connectivity index (χ4n) is 2.06. The summed E-state index contributed by atoms with van der Waals surface area (Å²) < 4.78 is 6.02. The summed E-state index contributed by atoms with van der Waals surface area (Å²) in [5.74, 6) is -0.238. The maximum Gasteiger partial charge on any atom is 0.335 e. The van der Waals surface area contributed by atoms with Crippen LogP contribution in [0.3, 0.4) is 0 Å². The van der Waals surface area contributed by atoms with Crippen molar-refractivity contribution in [3.05, 3.63) is 35.4 Å². The molecule has 0 aromatic heterocycles. The number of hydrogen-bond donors (Lipinski definition) is 1. The molecule has 1 aromatic carbocycles. The molecule has 0 aliphatic carbocycles. The summed E-state index contributed by atoms with van der Waals surface area (Å²) in [5.41, 5.74) is 1.35. The van der Waals surface area contributed by atoms with E-state index in [0.717, 1.165) is 11.6 Å². The van der Waals surface area contributed by atoms with Crippen molar-refractivity contribution in [2.75, 3.05) is 0 Å². The topological polar surface area (TPSA) is 46.5 Å². The van der Waals surface area contributed by atoms with Crippen molar-refractivity contribution in [2.24, 2.45) is 5.92 Å². The summed E-state index contributed by atoms with van der Waals surface area (Å²) in [4.78, 5) is 10.7. The second-order valence-corrected chi connectivity index (χ2v) is 9.86. The van der Waals surface area contributed by atoms with Gasteiger partial charge in [0.1, 0.15) is 0 Å². The molecule has 0 bridgehead atoms. The van der Waals surface area contributed by atoms with Crippen molar-refractivity contribution >= 4 is 14.3 Å². The zero-order valence-electron chi connectivity index (χ0n) is 11.6. The molecular weight excluding hydrogens is 244 g/mol. The molecule has 0 heterocycles. The highest BCUT2D eigenvalue weighted by atomic mass is 28.4. The highest BCUT2D eigenvalue weighted by Crippen LogP contribution is 2.19. The number of carboxylic acids is 1. The molecule has 0 amide bonds. The van der Waals surface area contributed by atoms with Gasteiger partial charge in [-0.3, -0.25) is 0 Å². The predicted molar refractivity (Wildman–Crippen MR) is 75.3 cm³/mol. The quantitative estimate of drug-likeness (QED) is 0.797. The first-order valence-electron chi connectivity index (χ1n) is 6.26. The molecule has 0 aliphatic rings. The van der Waals surface area contributed by atoms with E-state index in [1.165, 1.54) is 0 Å². The van der Waals surface area contributed by atoms with Crippen molar-refractivity contribution in [1.82, 2.24) is 0 Å². The molecule has 1 rings (SSSR count). The third kappa shape index (κ3) is 5.02. The van der Waals surface area contributed by atoms with E-state index >= 15 is 0 Å². The van der Waals surface area contributed by atoms with E-state index in [2.05, 4.69) is 26.9 Å². The van der Waals surface area contributed by atoms with E-state index in [1.54, 1.807) is 12.1 Å². The Morgan fingerprint density at radius 2 is 1.83 bits per heavy atom. The molecule has 1 aromatic rings. The van der Waals surface area contributed by atoms with Gasteiger partial charge in [0, 0.05) is 0 Å². The lowest BCUT2D eigenvalue weighted by Gasteiger charge is -2.24. The minimum absolute atomic E-state index is 0.317. The predicted octanol–water partition coefficient (Wildman–Crippen LogP) is 3.76. The molecule has 18 heavy (non-hydrogen) atoms. The SMILES string of the molecule is CC(C)C[Si](C)(C)OCc1ccc(C(=O)O)cc1. The van der Waals surface area contributed by atoms with Crippen LogP contribution in [0.15, 0.2) is 24.3 Å². The van der Waals surface area contributed by atoms with Gasteiger partial charge < -0.3 is 9.53 Å². The maximum absolute atomic E-state index is 10.7. The summed E-state index contributed by atoms with van der Waals surface area (Å²) in [6.07, 6.45) is 0. The Bertz CT molecular complexity index is 396. The highest BCUT2D eigenvalue weighted by Gasteiger charge is 2.23. The van der Waals surface area contributed by atoms with Gasteiger partial charge in [-0.05, 0) is 42.8 Å². The molecule has 0 fully saturated rings. The number of aromatic carboxylic acids is 1. The van der Waals surface area contributed by atoms with Gasteiger partial charge in [0.2, 0.25) is 0 Å². The second-order valence-electron chi connectivity index (χ2n) is 5.65. The Balaban J connectivity index is 2.55. The molecule has 4 heteroatoms. The van der Waals surface area contributed by atoms with Crippen LogP contribution in [0.2, 0.25) is 19.1 Å². The number of carboxylic acid groups (broad SMARTS) is 1. The van der Waals surface area contributed by atoms with Gasteiger partial charge in [0.15, 0.2) is 8.32 Å². The third-order valence-corrected chi connectivity index (χ3v) is 5.46. The van der Waals surface area contributed by atoms with Gasteiger partial charge in [-0.1, -0.05) is 26.0 Å². The average molecular weight is 266 g/mol. The van der Waals surface area contributed by atoms with Crippen LogP contribution in [0.1, 0.15) is 29.8 Å². The molecule has 0 radical (unpaired) electrons. The number of hydrogen-bond acceptors (Lipinski definition) is 2. The average Bonchev–Trinajstić information content (AvgIpc) is 2.25. The monoisotopic (exact) mass is 266 g/mol. The zero-order chi connectivity index (χ0) is 13.8. The van der Waals surface area contributed by atoms with Crippen LogP contribution in [0.4, 0.5) is 0 Å². The first kappa shape index (κ1) is 14.9. The van der Waals surface area contributed by atoms with Crippen molar-refractivity contribution in [1.29, 1.82) is 0 Å². The summed E-state index contributed by atoms with van der Waals surface area (Å²) in [7, 11) is -1.60. The first-order valence-corrected chi connectivity index (χ1v) is 9.38. The molecule has 0 spiro atoms. The highest BCUT2D eigenvalue weighted by molar-refractivity contribution is 6.71. The summed E-state index contributed by atoms with van der Waals surface area (Å²) in [5, 5.41) is 8.81. The maximum atomic E-state index is 10.7. The molecule has 0 atom stereocenters. The molecule has 1 N–H and O–H groups in total. The molecule has 100 valence electrons. The number of rotatable bonds is 6. The van der Waals surface area contributed by atoms with E-state index in [9.17, 15) is 4.79 Å². The van der Waals surface area contributed by atoms with Crippen LogP contribution < -0.4 is 0 Å². The van der Waals surface area contributed by atoms with Crippen LogP contribution in [0.5, 0.6) is 0 Å². The van der Waals surface area contributed by atoms with Crippen LogP contribution in [0, 0.1) is 5.92 Å². The van der Waals surface area contributed by atoms with E-state index < -0.39 is 14.3 Å².